The molecular weight excluding hydrogens is 516 g/mol. The van der Waals surface area contributed by atoms with Crippen molar-refractivity contribution in [2.24, 2.45) is 0 Å². The van der Waals surface area contributed by atoms with Crippen LogP contribution in [-0.2, 0) is 0 Å². The Morgan fingerprint density at radius 3 is 1.79 bits per heavy atom. The van der Waals surface area contributed by atoms with E-state index in [0.29, 0.717) is 17.6 Å². The fraction of sp³-hybridized carbons (Fsp3) is 0. The van der Waals surface area contributed by atoms with E-state index in [1.165, 1.54) is 5.39 Å². The predicted molar refractivity (Wildman–Crippen MR) is 170 cm³/mol. The minimum atomic E-state index is 0.548. The van der Waals surface area contributed by atoms with Gasteiger partial charge in [-0.25, -0.2) is 4.98 Å². The maximum atomic E-state index is 6.70. The molecule has 0 saturated heterocycles. The van der Waals surface area contributed by atoms with Gasteiger partial charge in [0, 0.05) is 32.7 Å². The maximum Gasteiger partial charge on any atom is 0.238 e. The van der Waals surface area contributed by atoms with Crippen LogP contribution in [0.5, 0.6) is 0 Å². The summed E-state index contributed by atoms with van der Waals surface area (Å²) in [5.41, 5.74) is 5.49. The highest BCUT2D eigenvalue weighted by atomic mass is 16.3. The summed E-state index contributed by atoms with van der Waals surface area (Å²) in [5, 5.41) is 6.69. The highest BCUT2D eigenvalue weighted by molar-refractivity contribution is 6.22. The molecule has 0 aliphatic carbocycles. The van der Waals surface area contributed by atoms with E-state index in [0.717, 1.165) is 60.3 Å². The second-order valence-electron chi connectivity index (χ2n) is 10.5. The van der Waals surface area contributed by atoms with Crippen LogP contribution in [0.25, 0.3) is 83.2 Å². The molecule has 3 heterocycles. The first kappa shape index (κ1) is 22.9. The van der Waals surface area contributed by atoms with Gasteiger partial charge in [-0.15, -0.1) is 0 Å². The first-order valence-electron chi connectivity index (χ1n) is 14.0. The van der Waals surface area contributed by atoms with Crippen molar-refractivity contribution in [3.8, 4) is 28.7 Å². The summed E-state index contributed by atoms with van der Waals surface area (Å²) in [5.74, 6) is 1.79. The molecule has 3 aromatic heterocycles. The van der Waals surface area contributed by atoms with Gasteiger partial charge in [-0.2, -0.15) is 9.97 Å². The molecule has 0 aliphatic heterocycles. The maximum absolute atomic E-state index is 6.70. The SMILES string of the molecule is c1ccc(-c2nc(-c3ccccc3)nc(-n3c4ccccc4c4ccc5c6cc7ccccc7cc6oc5c43)n2)cc1. The van der Waals surface area contributed by atoms with E-state index in [9.17, 15) is 0 Å². The Labute approximate surface area is 240 Å². The third kappa shape index (κ3) is 3.40. The molecule has 0 spiro atoms. The second kappa shape index (κ2) is 8.85. The molecule has 5 heteroatoms. The van der Waals surface area contributed by atoms with Gasteiger partial charge in [0.2, 0.25) is 5.95 Å². The lowest BCUT2D eigenvalue weighted by atomic mass is 10.1. The van der Waals surface area contributed by atoms with Crippen LogP contribution in [0.15, 0.2) is 138 Å². The molecule has 0 radical (unpaired) electrons. The van der Waals surface area contributed by atoms with Gasteiger partial charge in [0.1, 0.15) is 11.1 Å². The molecule has 0 fully saturated rings. The van der Waals surface area contributed by atoms with Crippen LogP contribution in [-0.4, -0.2) is 19.5 Å². The van der Waals surface area contributed by atoms with E-state index in [-0.39, 0.29) is 0 Å². The van der Waals surface area contributed by atoms with Crippen LogP contribution >= 0.6 is 0 Å². The predicted octanol–water partition coefficient (Wildman–Crippen LogP) is 9.36. The lowest BCUT2D eigenvalue weighted by Crippen LogP contribution is -2.06. The largest absolute Gasteiger partial charge is 0.454 e. The van der Waals surface area contributed by atoms with Gasteiger partial charge >= 0.3 is 0 Å². The lowest BCUT2D eigenvalue weighted by Gasteiger charge is -2.11. The number of hydrogen-bond donors (Lipinski definition) is 0. The van der Waals surface area contributed by atoms with Crippen molar-refractivity contribution in [3.63, 3.8) is 0 Å². The molecule has 0 atom stereocenters. The summed E-state index contributed by atoms with van der Waals surface area (Å²) in [6.07, 6.45) is 0. The molecule has 0 bridgehead atoms. The van der Waals surface area contributed by atoms with Gasteiger partial charge in [-0.1, -0.05) is 109 Å². The van der Waals surface area contributed by atoms with Crippen LogP contribution in [0.4, 0.5) is 0 Å². The standard InChI is InChI=1S/C37H22N4O/c1-3-11-23(12-4-1)35-38-36(24-13-5-2-6-14-24)40-37(39-35)41-31-18-10-9-17-27(31)28-19-20-29-30-21-25-15-7-8-16-26(25)22-32(30)42-34(29)33(28)41/h1-22H. The lowest BCUT2D eigenvalue weighted by molar-refractivity contribution is 0.671. The Balaban J connectivity index is 1.42. The van der Waals surface area contributed by atoms with Crippen LogP contribution < -0.4 is 0 Å². The van der Waals surface area contributed by atoms with Gasteiger partial charge in [-0.05, 0) is 35.0 Å². The number of fused-ring (bicyclic) bond motifs is 8. The highest BCUT2D eigenvalue weighted by Gasteiger charge is 2.22. The number of hydrogen-bond acceptors (Lipinski definition) is 4. The van der Waals surface area contributed by atoms with Crippen LogP contribution in [0.2, 0.25) is 0 Å². The van der Waals surface area contributed by atoms with Crippen molar-refractivity contribution in [3.05, 3.63) is 133 Å². The first-order chi connectivity index (χ1) is 20.8. The molecule has 9 rings (SSSR count). The Hall–Kier alpha value is -5.81. The van der Waals surface area contributed by atoms with Gasteiger partial charge in [0.05, 0.1) is 5.52 Å². The Morgan fingerprint density at radius 1 is 0.476 bits per heavy atom. The Morgan fingerprint density at radius 2 is 1.07 bits per heavy atom. The second-order valence-corrected chi connectivity index (χ2v) is 10.5. The topological polar surface area (TPSA) is 56.7 Å². The number of aromatic nitrogens is 4. The van der Waals surface area contributed by atoms with E-state index in [1.807, 2.05) is 60.7 Å². The number of furan rings is 1. The molecule has 0 saturated carbocycles. The minimum Gasteiger partial charge on any atom is -0.454 e. The zero-order valence-electron chi connectivity index (χ0n) is 22.4. The van der Waals surface area contributed by atoms with E-state index in [4.69, 9.17) is 19.4 Å². The Kier molecular flexibility index (Phi) is 4.83. The summed E-state index contributed by atoms with van der Waals surface area (Å²) < 4.78 is 8.84. The van der Waals surface area contributed by atoms with Crippen molar-refractivity contribution in [1.82, 2.24) is 19.5 Å². The van der Waals surface area contributed by atoms with E-state index in [2.05, 4.69) is 77.4 Å². The minimum absolute atomic E-state index is 0.548. The van der Waals surface area contributed by atoms with Crippen LogP contribution in [0.3, 0.4) is 0 Å². The molecule has 0 aliphatic rings. The number of rotatable bonds is 3. The van der Waals surface area contributed by atoms with Crippen molar-refractivity contribution >= 4 is 54.5 Å². The summed E-state index contributed by atoms with van der Waals surface area (Å²) in [6, 6.07) is 45.6. The molecule has 0 unspecified atom stereocenters. The highest BCUT2D eigenvalue weighted by Crippen LogP contribution is 2.41. The molecular formula is C37H22N4O. The summed E-state index contributed by atoms with van der Waals surface area (Å²) in [6.45, 7) is 0. The fourth-order valence-corrected chi connectivity index (χ4v) is 6.07. The number of benzene rings is 6. The summed E-state index contributed by atoms with van der Waals surface area (Å²) in [7, 11) is 0. The van der Waals surface area contributed by atoms with Crippen molar-refractivity contribution in [2.75, 3.05) is 0 Å². The molecule has 6 aromatic carbocycles. The monoisotopic (exact) mass is 538 g/mol. The average Bonchev–Trinajstić information content (AvgIpc) is 3.59. The smallest absolute Gasteiger partial charge is 0.238 e. The van der Waals surface area contributed by atoms with Crippen LogP contribution in [0.1, 0.15) is 0 Å². The summed E-state index contributed by atoms with van der Waals surface area (Å²) >= 11 is 0. The van der Waals surface area contributed by atoms with Gasteiger partial charge in [-0.3, -0.25) is 4.57 Å². The number of para-hydroxylation sites is 1. The molecule has 0 N–H and O–H groups in total. The molecule has 9 aromatic rings. The molecule has 0 amide bonds. The molecule has 42 heavy (non-hydrogen) atoms. The van der Waals surface area contributed by atoms with Crippen molar-refractivity contribution < 1.29 is 4.42 Å². The fourth-order valence-electron chi connectivity index (χ4n) is 6.07. The van der Waals surface area contributed by atoms with Crippen molar-refractivity contribution in [2.45, 2.75) is 0 Å². The normalized spacial score (nSPS) is 11.8. The van der Waals surface area contributed by atoms with E-state index >= 15 is 0 Å². The first-order valence-corrected chi connectivity index (χ1v) is 14.0. The number of nitrogens with zero attached hydrogens (tertiary/aromatic N) is 4. The van der Waals surface area contributed by atoms with E-state index < -0.39 is 0 Å². The van der Waals surface area contributed by atoms with Gasteiger partial charge < -0.3 is 4.42 Å². The van der Waals surface area contributed by atoms with E-state index in [1.54, 1.807) is 0 Å². The van der Waals surface area contributed by atoms with Crippen LogP contribution in [0, 0.1) is 0 Å². The Bertz CT molecular complexity index is 2400. The summed E-state index contributed by atoms with van der Waals surface area (Å²) in [4.78, 5) is 15.1. The van der Waals surface area contributed by atoms with Gasteiger partial charge in [0.25, 0.3) is 0 Å². The molecule has 196 valence electrons. The zero-order valence-corrected chi connectivity index (χ0v) is 22.4. The molecule has 5 nitrogen and oxygen atoms in total. The zero-order chi connectivity index (χ0) is 27.6. The van der Waals surface area contributed by atoms with Gasteiger partial charge in [0.15, 0.2) is 17.2 Å². The quantitative estimate of drug-likeness (QED) is 0.225. The third-order valence-corrected chi connectivity index (χ3v) is 8.03. The third-order valence-electron chi connectivity index (χ3n) is 8.03. The van der Waals surface area contributed by atoms with Crippen molar-refractivity contribution in [1.29, 1.82) is 0 Å². The average molecular weight is 539 g/mol.